The van der Waals surface area contributed by atoms with E-state index in [4.69, 9.17) is 5.73 Å². The third-order valence-corrected chi connectivity index (χ3v) is 3.76. The van der Waals surface area contributed by atoms with Gasteiger partial charge in [-0.15, -0.1) is 0 Å². The van der Waals surface area contributed by atoms with Crippen LogP contribution in [-0.4, -0.2) is 18.0 Å². The molecule has 0 aliphatic heterocycles. The number of nitrogens with one attached hydrogen (secondary N) is 1. The average Bonchev–Trinajstić information content (AvgIpc) is 1.97. The van der Waals surface area contributed by atoms with Crippen molar-refractivity contribution in [1.82, 2.24) is 5.32 Å². The molecule has 0 aromatic carbocycles. The minimum absolute atomic E-state index is 0.00293. The molecule has 0 heterocycles. The molecule has 1 aliphatic rings. The fourth-order valence-corrected chi connectivity index (χ4v) is 1.88. The molecule has 3 heteroatoms. The first-order valence-corrected chi connectivity index (χ1v) is 6.35. The summed E-state index contributed by atoms with van der Waals surface area (Å²) in [5.41, 5.74) is 5.99. The molecule has 3 nitrogen and oxygen atoms in total. The average molecular weight is 226 g/mol. The summed E-state index contributed by atoms with van der Waals surface area (Å²) in [4.78, 5) is 11.8. The molecule has 0 aromatic heterocycles. The third-order valence-electron chi connectivity index (χ3n) is 3.76. The van der Waals surface area contributed by atoms with Crippen molar-refractivity contribution in [2.45, 2.75) is 65.5 Å². The van der Waals surface area contributed by atoms with Crippen molar-refractivity contribution in [2.75, 3.05) is 0 Å². The minimum atomic E-state index is -0.0684. The van der Waals surface area contributed by atoms with Crippen LogP contribution >= 0.6 is 0 Å². The molecule has 1 amide bonds. The van der Waals surface area contributed by atoms with Crippen LogP contribution < -0.4 is 11.1 Å². The van der Waals surface area contributed by atoms with Crippen molar-refractivity contribution in [3.63, 3.8) is 0 Å². The first-order valence-electron chi connectivity index (χ1n) is 6.35. The highest BCUT2D eigenvalue weighted by atomic mass is 16.1. The molecule has 0 spiro atoms. The highest BCUT2D eigenvalue weighted by molar-refractivity contribution is 5.77. The van der Waals surface area contributed by atoms with Crippen LogP contribution in [0, 0.1) is 11.3 Å². The van der Waals surface area contributed by atoms with Crippen LogP contribution in [0.2, 0.25) is 0 Å². The molecular weight excluding hydrogens is 200 g/mol. The van der Waals surface area contributed by atoms with E-state index in [0.29, 0.717) is 18.4 Å². The van der Waals surface area contributed by atoms with E-state index in [-0.39, 0.29) is 17.4 Å². The summed E-state index contributed by atoms with van der Waals surface area (Å²) in [6, 6.07) is 0.245. The van der Waals surface area contributed by atoms with Gasteiger partial charge in [-0.2, -0.15) is 0 Å². The van der Waals surface area contributed by atoms with Crippen LogP contribution in [0.1, 0.15) is 53.4 Å². The van der Waals surface area contributed by atoms with E-state index in [1.54, 1.807) is 0 Å². The number of carbonyl (C=O) groups is 1. The fraction of sp³-hybridized carbons (Fsp3) is 0.923. The highest BCUT2D eigenvalue weighted by Crippen LogP contribution is 2.29. The van der Waals surface area contributed by atoms with Crippen molar-refractivity contribution in [2.24, 2.45) is 17.1 Å². The largest absolute Gasteiger partial charge is 0.353 e. The highest BCUT2D eigenvalue weighted by Gasteiger charge is 2.27. The Morgan fingerprint density at radius 2 is 2.00 bits per heavy atom. The molecular formula is C13H26N2O. The monoisotopic (exact) mass is 226 g/mol. The van der Waals surface area contributed by atoms with E-state index >= 15 is 0 Å². The maximum absolute atomic E-state index is 11.8. The Bertz CT molecular complexity index is 241. The normalized spacial score (nSPS) is 21.1. The Hall–Kier alpha value is -0.570. The molecule has 94 valence electrons. The van der Waals surface area contributed by atoms with Crippen LogP contribution in [0.5, 0.6) is 0 Å². The van der Waals surface area contributed by atoms with Crippen molar-refractivity contribution in [3.05, 3.63) is 0 Å². The van der Waals surface area contributed by atoms with Crippen LogP contribution in [0.25, 0.3) is 0 Å². The second-order valence-electron chi connectivity index (χ2n) is 6.22. The minimum Gasteiger partial charge on any atom is -0.353 e. The summed E-state index contributed by atoms with van der Waals surface area (Å²) in [5, 5.41) is 3.07. The van der Waals surface area contributed by atoms with Crippen molar-refractivity contribution >= 4 is 5.91 Å². The Labute approximate surface area is 99.2 Å². The van der Waals surface area contributed by atoms with Crippen LogP contribution in [0.3, 0.4) is 0 Å². The molecule has 3 N–H and O–H groups in total. The third kappa shape index (κ3) is 3.78. The van der Waals surface area contributed by atoms with Gasteiger partial charge in [0.1, 0.15) is 0 Å². The van der Waals surface area contributed by atoms with Gasteiger partial charge in [-0.05, 0) is 31.1 Å². The summed E-state index contributed by atoms with van der Waals surface area (Å²) in [6.45, 7) is 8.31. The fourth-order valence-electron chi connectivity index (χ4n) is 1.88. The van der Waals surface area contributed by atoms with Gasteiger partial charge >= 0.3 is 0 Å². The molecule has 0 radical (unpaired) electrons. The molecule has 0 saturated heterocycles. The summed E-state index contributed by atoms with van der Waals surface area (Å²) < 4.78 is 0. The number of carbonyl (C=O) groups excluding carboxylic acids is 1. The second-order valence-corrected chi connectivity index (χ2v) is 6.22. The van der Waals surface area contributed by atoms with Crippen LogP contribution in [0.15, 0.2) is 0 Å². The number of rotatable bonds is 4. The van der Waals surface area contributed by atoms with E-state index in [2.05, 4.69) is 33.0 Å². The molecule has 1 rings (SSSR count). The lowest BCUT2D eigenvalue weighted by Gasteiger charge is -2.33. The maximum atomic E-state index is 11.8. The molecule has 2 unspecified atom stereocenters. The van der Waals surface area contributed by atoms with Gasteiger partial charge in [0.2, 0.25) is 5.91 Å². The Morgan fingerprint density at radius 1 is 1.44 bits per heavy atom. The Balaban J connectivity index is 2.29. The van der Waals surface area contributed by atoms with Gasteiger partial charge in [0.15, 0.2) is 0 Å². The first-order chi connectivity index (χ1) is 7.30. The SMILES string of the molecule is CC(NC(=O)CC(N)C(C)(C)C)C1CCC1. The summed E-state index contributed by atoms with van der Waals surface area (Å²) in [6.07, 6.45) is 4.26. The molecule has 2 atom stereocenters. The van der Waals surface area contributed by atoms with Crippen molar-refractivity contribution < 1.29 is 4.79 Å². The topological polar surface area (TPSA) is 55.1 Å². The summed E-state index contributed by atoms with van der Waals surface area (Å²) in [7, 11) is 0. The smallest absolute Gasteiger partial charge is 0.221 e. The van der Waals surface area contributed by atoms with E-state index < -0.39 is 0 Å². The lowest BCUT2D eigenvalue weighted by molar-refractivity contribution is -0.123. The van der Waals surface area contributed by atoms with Gasteiger partial charge in [-0.1, -0.05) is 27.2 Å². The zero-order valence-electron chi connectivity index (χ0n) is 11.0. The molecule has 16 heavy (non-hydrogen) atoms. The number of nitrogens with two attached hydrogens (primary N) is 1. The van der Waals surface area contributed by atoms with Crippen LogP contribution in [0.4, 0.5) is 0 Å². The van der Waals surface area contributed by atoms with E-state index in [1.807, 2.05) is 0 Å². The lowest BCUT2D eigenvalue weighted by atomic mass is 9.80. The quantitative estimate of drug-likeness (QED) is 0.771. The van der Waals surface area contributed by atoms with Gasteiger partial charge in [0.25, 0.3) is 0 Å². The van der Waals surface area contributed by atoms with Gasteiger partial charge in [0.05, 0.1) is 0 Å². The maximum Gasteiger partial charge on any atom is 0.221 e. The summed E-state index contributed by atoms with van der Waals surface area (Å²) in [5.74, 6) is 0.789. The standard InChI is InChI=1S/C13H26N2O/c1-9(10-6-5-7-10)15-12(16)8-11(14)13(2,3)4/h9-11H,5-8,14H2,1-4H3,(H,15,16). The van der Waals surface area contributed by atoms with E-state index in [9.17, 15) is 4.79 Å². The van der Waals surface area contributed by atoms with Gasteiger partial charge in [-0.25, -0.2) is 0 Å². The number of hydrogen-bond donors (Lipinski definition) is 2. The number of hydrogen-bond acceptors (Lipinski definition) is 2. The Morgan fingerprint density at radius 3 is 2.38 bits per heavy atom. The zero-order chi connectivity index (χ0) is 12.3. The predicted octanol–water partition coefficient (Wildman–Crippen LogP) is 2.05. The van der Waals surface area contributed by atoms with E-state index in [1.165, 1.54) is 19.3 Å². The molecule has 0 bridgehead atoms. The molecule has 1 fully saturated rings. The van der Waals surface area contributed by atoms with Gasteiger partial charge < -0.3 is 11.1 Å². The lowest BCUT2D eigenvalue weighted by Crippen LogP contribution is -2.45. The number of amides is 1. The van der Waals surface area contributed by atoms with E-state index in [0.717, 1.165) is 0 Å². The van der Waals surface area contributed by atoms with Crippen molar-refractivity contribution in [1.29, 1.82) is 0 Å². The van der Waals surface area contributed by atoms with Gasteiger partial charge in [-0.3, -0.25) is 4.79 Å². The van der Waals surface area contributed by atoms with Crippen LogP contribution in [-0.2, 0) is 4.79 Å². The molecule has 0 aromatic rings. The zero-order valence-corrected chi connectivity index (χ0v) is 11.0. The molecule has 1 aliphatic carbocycles. The summed E-state index contributed by atoms with van der Waals surface area (Å²) >= 11 is 0. The van der Waals surface area contributed by atoms with Gasteiger partial charge in [0, 0.05) is 18.5 Å². The Kier molecular flexibility index (Phi) is 4.36. The second kappa shape index (κ2) is 5.17. The predicted molar refractivity (Wildman–Crippen MR) is 67.0 cm³/mol. The van der Waals surface area contributed by atoms with Crippen molar-refractivity contribution in [3.8, 4) is 0 Å². The first kappa shape index (κ1) is 13.5. The molecule has 1 saturated carbocycles.